The molecule has 0 saturated carbocycles. The average molecular weight is 621 g/mol. The van der Waals surface area contributed by atoms with Gasteiger partial charge in [0, 0.05) is 27.5 Å². The van der Waals surface area contributed by atoms with E-state index in [1.807, 2.05) is 55.5 Å². The van der Waals surface area contributed by atoms with Gasteiger partial charge in [-0.2, -0.15) is 0 Å². The van der Waals surface area contributed by atoms with Crippen LogP contribution in [-0.4, -0.2) is 52.8 Å². The Bertz CT molecular complexity index is 1200. The Labute approximate surface area is 231 Å². The van der Waals surface area contributed by atoms with E-state index in [0.29, 0.717) is 13.1 Å². The SMILES string of the molecule is C[C@H]1[C@H](C(C)(C)F)[C@@H](CC(=O)N2CCC[C@H]2CO)O[C@]12C(=O)N(Cc1cccc(I)c1)c1ccccc12. The van der Waals surface area contributed by atoms with Crippen LogP contribution in [0.3, 0.4) is 0 Å². The number of alkyl halides is 1. The van der Waals surface area contributed by atoms with Gasteiger partial charge in [0.25, 0.3) is 5.91 Å². The Balaban J connectivity index is 1.51. The number of amides is 2. The molecule has 3 aliphatic heterocycles. The number of carbonyl (C=O) groups is 2. The van der Waals surface area contributed by atoms with Gasteiger partial charge in [-0.15, -0.1) is 0 Å². The van der Waals surface area contributed by atoms with Gasteiger partial charge in [-0.25, -0.2) is 4.39 Å². The van der Waals surface area contributed by atoms with Gasteiger partial charge in [0.15, 0.2) is 5.60 Å². The third-order valence-electron chi connectivity index (χ3n) is 8.38. The minimum Gasteiger partial charge on any atom is -0.394 e. The molecule has 8 heteroatoms. The molecule has 0 unspecified atom stereocenters. The largest absolute Gasteiger partial charge is 0.394 e. The number of para-hydroxylation sites is 1. The molecule has 6 nitrogen and oxygen atoms in total. The number of ether oxygens (including phenoxy) is 1. The van der Waals surface area contributed by atoms with Crippen LogP contribution >= 0.6 is 22.6 Å². The number of carbonyl (C=O) groups excluding carboxylic acids is 2. The molecule has 5 rings (SSSR count). The molecule has 37 heavy (non-hydrogen) atoms. The predicted octanol–water partition coefficient (Wildman–Crippen LogP) is 4.81. The molecule has 198 valence electrons. The second-order valence-corrected chi connectivity index (χ2v) is 12.3. The van der Waals surface area contributed by atoms with Gasteiger partial charge in [-0.1, -0.05) is 37.3 Å². The van der Waals surface area contributed by atoms with Gasteiger partial charge < -0.3 is 19.6 Å². The molecule has 1 spiro atoms. The third-order valence-corrected chi connectivity index (χ3v) is 9.05. The fraction of sp³-hybridized carbons (Fsp3) is 0.517. The molecule has 0 aliphatic carbocycles. The molecule has 0 radical (unpaired) electrons. The normalized spacial score (nSPS) is 29.4. The fourth-order valence-electron chi connectivity index (χ4n) is 6.82. The standard InChI is InChI=1S/C29H34FIN2O4/c1-18-26(28(2,3)30)24(15-25(35)32-13-7-10-21(32)17-34)37-29(18)22-11-4-5-12-23(22)33(27(29)36)16-19-8-6-9-20(31)14-19/h4-6,8-9,11-12,14,18,21,24,26,34H,7,10,13,15-17H2,1-3H3/t18-,21-,24+,26-,29+/m0/s1. The molecule has 1 N–H and O–H groups in total. The smallest absolute Gasteiger partial charge is 0.264 e. The molecule has 2 aromatic rings. The summed E-state index contributed by atoms with van der Waals surface area (Å²) in [6, 6.07) is 15.4. The lowest BCUT2D eigenvalue weighted by atomic mass is 9.71. The Hall–Kier alpha value is -2.04. The highest BCUT2D eigenvalue weighted by atomic mass is 127. The molecular weight excluding hydrogens is 586 g/mol. The van der Waals surface area contributed by atoms with Crippen molar-refractivity contribution in [2.75, 3.05) is 18.1 Å². The summed E-state index contributed by atoms with van der Waals surface area (Å²) in [4.78, 5) is 31.1. The molecule has 2 fully saturated rings. The lowest BCUT2D eigenvalue weighted by Crippen LogP contribution is -2.45. The number of aliphatic hydroxyl groups excluding tert-OH is 1. The van der Waals surface area contributed by atoms with Crippen molar-refractivity contribution < 1.29 is 23.8 Å². The Morgan fingerprint density at radius 1 is 1.24 bits per heavy atom. The lowest BCUT2D eigenvalue weighted by Gasteiger charge is -2.32. The van der Waals surface area contributed by atoms with Crippen molar-refractivity contribution >= 4 is 40.1 Å². The summed E-state index contributed by atoms with van der Waals surface area (Å²) in [6.45, 7) is 5.77. The topological polar surface area (TPSA) is 70.1 Å². The highest BCUT2D eigenvalue weighted by Crippen LogP contribution is 2.58. The molecule has 2 saturated heterocycles. The third kappa shape index (κ3) is 4.48. The van der Waals surface area contributed by atoms with Crippen LogP contribution in [0.2, 0.25) is 0 Å². The maximum atomic E-state index is 15.8. The van der Waals surface area contributed by atoms with Crippen LogP contribution in [0, 0.1) is 15.4 Å². The fourth-order valence-corrected chi connectivity index (χ4v) is 7.43. The van der Waals surface area contributed by atoms with Crippen molar-refractivity contribution in [3.8, 4) is 0 Å². The number of hydrogen-bond donors (Lipinski definition) is 1. The highest BCUT2D eigenvalue weighted by molar-refractivity contribution is 14.1. The lowest BCUT2D eigenvalue weighted by molar-refractivity contribution is -0.150. The van der Waals surface area contributed by atoms with Crippen molar-refractivity contribution in [2.24, 2.45) is 11.8 Å². The summed E-state index contributed by atoms with van der Waals surface area (Å²) in [5.74, 6) is -1.53. The van der Waals surface area contributed by atoms with E-state index in [4.69, 9.17) is 4.74 Å². The number of hydrogen-bond acceptors (Lipinski definition) is 4. The zero-order valence-corrected chi connectivity index (χ0v) is 23.7. The molecule has 3 aliphatic rings. The van der Waals surface area contributed by atoms with Crippen LogP contribution in [-0.2, 0) is 26.5 Å². The zero-order valence-electron chi connectivity index (χ0n) is 21.5. The summed E-state index contributed by atoms with van der Waals surface area (Å²) in [7, 11) is 0. The molecule has 2 aromatic carbocycles. The number of nitrogens with zero attached hydrogens (tertiary/aromatic N) is 2. The van der Waals surface area contributed by atoms with Crippen LogP contribution in [0.5, 0.6) is 0 Å². The van der Waals surface area contributed by atoms with Crippen molar-refractivity contribution in [1.29, 1.82) is 0 Å². The van der Waals surface area contributed by atoms with E-state index >= 15 is 4.39 Å². The maximum absolute atomic E-state index is 15.8. The number of halogens is 2. The maximum Gasteiger partial charge on any atom is 0.264 e. The quantitative estimate of drug-likeness (QED) is 0.472. The number of fused-ring (bicyclic) bond motifs is 2. The summed E-state index contributed by atoms with van der Waals surface area (Å²) >= 11 is 2.26. The van der Waals surface area contributed by atoms with E-state index in [1.165, 1.54) is 13.8 Å². The molecule has 0 aromatic heterocycles. The van der Waals surface area contributed by atoms with Crippen LogP contribution in [0.15, 0.2) is 48.5 Å². The van der Waals surface area contributed by atoms with E-state index in [-0.39, 0.29) is 30.9 Å². The molecule has 3 heterocycles. The van der Waals surface area contributed by atoms with E-state index in [9.17, 15) is 14.7 Å². The Kier molecular flexibility index (Phi) is 7.13. The first-order valence-corrected chi connectivity index (χ1v) is 14.1. The Morgan fingerprint density at radius 2 is 2.00 bits per heavy atom. The summed E-state index contributed by atoms with van der Waals surface area (Å²) < 4.78 is 23.6. The Morgan fingerprint density at radius 3 is 2.70 bits per heavy atom. The van der Waals surface area contributed by atoms with Gasteiger partial charge >= 0.3 is 0 Å². The van der Waals surface area contributed by atoms with E-state index in [2.05, 4.69) is 22.6 Å². The summed E-state index contributed by atoms with van der Waals surface area (Å²) in [5, 5.41) is 9.71. The minimum atomic E-state index is -1.67. The molecule has 5 atom stereocenters. The number of aliphatic hydroxyl groups is 1. The number of benzene rings is 2. The minimum absolute atomic E-state index is 0.0209. The molecule has 2 amide bonds. The van der Waals surface area contributed by atoms with Crippen LogP contribution in [0.1, 0.15) is 51.2 Å². The van der Waals surface area contributed by atoms with Gasteiger partial charge in [0.1, 0.15) is 5.67 Å². The van der Waals surface area contributed by atoms with Gasteiger partial charge in [-0.3, -0.25) is 9.59 Å². The van der Waals surface area contributed by atoms with Gasteiger partial charge in [-0.05, 0) is 73.0 Å². The van der Waals surface area contributed by atoms with Crippen molar-refractivity contribution in [2.45, 2.75) is 70.0 Å². The van der Waals surface area contributed by atoms with Gasteiger partial charge in [0.2, 0.25) is 5.91 Å². The van der Waals surface area contributed by atoms with Gasteiger partial charge in [0.05, 0.1) is 37.4 Å². The second-order valence-electron chi connectivity index (χ2n) is 11.1. The summed E-state index contributed by atoms with van der Waals surface area (Å²) in [6.07, 6.45) is 0.801. The van der Waals surface area contributed by atoms with Crippen LogP contribution in [0.25, 0.3) is 0 Å². The van der Waals surface area contributed by atoms with Crippen molar-refractivity contribution in [1.82, 2.24) is 4.90 Å². The first-order valence-electron chi connectivity index (χ1n) is 13.0. The van der Waals surface area contributed by atoms with Crippen LogP contribution < -0.4 is 4.90 Å². The second kappa shape index (κ2) is 9.93. The van der Waals surface area contributed by atoms with Crippen LogP contribution in [0.4, 0.5) is 10.1 Å². The highest BCUT2D eigenvalue weighted by Gasteiger charge is 2.66. The van der Waals surface area contributed by atoms with E-state index < -0.39 is 29.2 Å². The predicted molar refractivity (Wildman–Crippen MR) is 148 cm³/mol. The molecule has 0 bridgehead atoms. The number of rotatable bonds is 6. The van der Waals surface area contributed by atoms with Crippen molar-refractivity contribution in [3.63, 3.8) is 0 Å². The summed E-state index contributed by atoms with van der Waals surface area (Å²) in [5.41, 5.74) is -0.542. The molecular formula is C29H34FIN2O4. The first kappa shape index (κ1) is 26.6. The van der Waals surface area contributed by atoms with Crippen molar-refractivity contribution in [3.05, 3.63) is 63.2 Å². The monoisotopic (exact) mass is 620 g/mol. The van der Waals surface area contributed by atoms with E-state index in [1.54, 1.807) is 9.80 Å². The number of anilines is 1. The zero-order chi connectivity index (χ0) is 26.5. The number of likely N-dealkylation sites (tertiary alicyclic amines) is 1. The van der Waals surface area contributed by atoms with E-state index in [0.717, 1.165) is 33.2 Å². The average Bonchev–Trinajstić information content (AvgIpc) is 3.50. The first-order chi connectivity index (χ1) is 17.6.